The Kier molecular flexibility index (Phi) is 6.63. The van der Waals surface area contributed by atoms with Crippen molar-refractivity contribution in [3.8, 4) is 0 Å². The fourth-order valence-corrected chi connectivity index (χ4v) is 2.41. The third kappa shape index (κ3) is 4.45. The van der Waals surface area contributed by atoms with Crippen LogP contribution in [-0.2, 0) is 24.5 Å². The third-order valence-electron chi connectivity index (χ3n) is 4.06. The Morgan fingerprint density at radius 2 is 1.42 bits per heavy atom. The lowest BCUT2D eigenvalue weighted by molar-refractivity contribution is -0.237. The number of carbonyl (C=O) groups is 2. The van der Waals surface area contributed by atoms with Crippen molar-refractivity contribution < 1.29 is 32.2 Å². The van der Waals surface area contributed by atoms with Gasteiger partial charge in [-0.25, -0.2) is 0 Å². The molecule has 0 bridgehead atoms. The maximum absolute atomic E-state index is 13.5. The number of carbonyl (C=O) groups excluding carboxylic acids is 2. The summed E-state index contributed by atoms with van der Waals surface area (Å²) >= 11 is 0. The average Bonchev–Trinajstić information content (AvgIpc) is 2.56. The minimum Gasteiger partial charge on any atom is -0.468 e. The molecule has 0 saturated heterocycles. The highest BCUT2D eigenvalue weighted by molar-refractivity contribution is 6.01. The van der Waals surface area contributed by atoms with E-state index in [1.54, 1.807) is 12.1 Å². The first-order chi connectivity index (χ1) is 11.9. The Balaban J connectivity index is 3.15. The predicted octanol–water partition coefficient (Wildman–Crippen LogP) is 4.28. The number of hydrogen-bond acceptors (Lipinski definition) is 4. The van der Waals surface area contributed by atoms with Gasteiger partial charge < -0.3 is 9.47 Å². The minimum absolute atomic E-state index is 0.0521. The summed E-state index contributed by atoms with van der Waals surface area (Å²) in [5.41, 5.74) is -1.73. The Morgan fingerprint density at radius 1 is 0.962 bits per heavy atom. The molecular weight excluding hydrogens is 349 g/mol. The topological polar surface area (TPSA) is 52.6 Å². The van der Waals surface area contributed by atoms with E-state index in [0.717, 1.165) is 25.9 Å². The Morgan fingerprint density at radius 3 is 1.77 bits per heavy atom. The smallest absolute Gasteiger partial charge is 0.415 e. The third-order valence-corrected chi connectivity index (χ3v) is 4.06. The number of methoxy groups -OCH3 is 2. The van der Waals surface area contributed by atoms with Crippen molar-refractivity contribution in [3.05, 3.63) is 41.5 Å². The van der Waals surface area contributed by atoms with Crippen molar-refractivity contribution in [3.63, 3.8) is 0 Å². The monoisotopic (exact) mass is 372 g/mol. The molecule has 144 valence electrons. The van der Waals surface area contributed by atoms with Crippen molar-refractivity contribution in [1.29, 1.82) is 0 Å². The molecular formula is C19H23F3O4. The second kappa shape index (κ2) is 7.93. The maximum Gasteiger partial charge on any atom is 0.415 e. The van der Waals surface area contributed by atoms with Crippen LogP contribution >= 0.6 is 0 Å². The zero-order valence-electron chi connectivity index (χ0n) is 15.4. The van der Waals surface area contributed by atoms with E-state index in [-0.39, 0.29) is 5.41 Å². The van der Waals surface area contributed by atoms with Gasteiger partial charge in [-0.2, -0.15) is 13.2 Å². The number of ether oxygens (including phenoxy) is 2. The molecule has 0 heterocycles. The van der Waals surface area contributed by atoms with Crippen molar-refractivity contribution >= 4 is 18.0 Å². The van der Waals surface area contributed by atoms with Crippen LogP contribution in [0.5, 0.6) is 0 Å². The largest absolute Gasteiger partial charge is 0.468 e. The standard InChI is InChI=1S/C19H23F3O4/c1-17(2,3)14-10-8-13(9-11-14)7-6-12-18(15(23)25-4,16(24)26-5)19(20,21)22/h6-11H,12H2,1-5H3/b7-6+. The Bertz CT molecular complexity index is 652. The molecule has 0 aliphatic carbocycles. The van der Waals surface area contributed by atoms with Gasteiger partial charge in [-0.3, -0.25) is 9.59 Å². The summed E-state index contributed by atoms with van der Waals surface area (Å²) in [5, 5.41) is 0. The van der Waals surface area contributed by atoms with Crippen molar-refractivity contribution in [1.82, 2.24) is 0 Å². The molecule has 0 aromatic heterocycles. The molecule has 7 heteroatoms. The average molecular weight is 372 g/mol. The van der Waals surface area contributed by atoms with Crippen LogP contribution in [-0.4, -0.2) is 32.3 Å². The molecule has 26 heavy (non-hydrogen) atoms. The van der Waals surface area contributed by atoms with E-state index in [9.17, 15) is 22.8 Å². The SMILES string of the molecule is COC(=O)C(C/C=C/c1ccc(C(C)(C)C)cc1)(C(=O)OC)C(F)(F)F. The molecule has 0 spiro atoms. The highest BCUT2D eigenvalue weighted by Crippen LogP contribution is 2.44. The van der Waals surface area contributed by atoms with Gasteiger partial charge in [-0.05, 0) is 16.5 Å². The number of rotatable bonds is 5. The molecule has 1 aromatic rings. The zero-order chi connectivity index (χ0) is 20.2. The summed E-state index contributed by atoms with van der Waals surface area (Å²) in [6.45, 7) is 6.13. The zero-order valence-corrected chi connectivity index (χ0v) is 15.4. The van der Waals surface area contributed by atoms with Crippen LogP contribution in [0.3, 0.4) is 0 Å². The summed E-state index contributed by atoms with van der Waals surface area (Å²) in [5.74, 6) is -3.41. The molecule has 1 rings (SSSR count). The number of allylic oxidation sites excluding steroid dienone is 1. The number of alkyl halides is 3. The first-order valence-corrected chi connectivity index (χ1v) is 7.91. The molecule has 0 radical (unpaired) electrons. The molecule has 0 amide bonds. The molecule has 0 N–H and O–H groups in total. The summed E-state index contributed by atoms with van der Waals surface area (Å²) in [6, 6.07) is 7.25. The van der Waals surface area contributed by atoms with E-state index < -0.39 is 30.0 Å². The summed E-state index contributed by atoms with van der Waals surface area (Å²) in [7, 11) is 1.58. The van der Waals surface area contributed by atoms with Gasteiger partial charge in [-0.1, -0.05) is 57.2 Å². The number of hydrogen-bond donors (Lipinski definition) is 0. The normalized spacial score (nSPS) is 12.9. The summed E-state index contributed by atoms with van der Waals surface area (Å²) in [4.78, 5) is 23.6. The lowest BCUT2D eigenvalue weighted by atomic mass is 9.83. The number of esters is 2. The molecule has 0 fully saturated rings. The first-order valence-electron chi connectivity index (χ1n) is 7.91. The van der Waals surface area contributed by atoms with Gasteiger partial charge in [0.15, 0.2) is 0 Å². The number of halogens is 3. The molecule has 0 aliphatic rings. The highest BCUT2D eigenvalue weighted by Gasteiger charge is 2.67. The van der Waals surface area contributed by atoms with E-state index in [1.807, 2.05) is 32.9 Å². The van der Waals surface area contributed by atoms with Gasteiger partial charge in [0, 0.05) is 6.42 Å². The quantitative estimate of drug-likeness (QED) is 0.572. The molecule has 0 atom stereocenters. The maximum atomic E-state index is 13.5. The van der Waals surface area contributed by atoms with Gasteiger partial charge in [0.2, 0.25) is 0 Å². The Labute approximate surface area is 151 Å². The van der Waals surface area contributed by atoms with E-state index in [0.29, 0.717) is 5.56 Å². The fraction of sp³-hybridized carbons (Fsp3) is 0.474. The van der Waals surface area contributed by atoms with Crippen molar-refractivity contribution in [2.75, 3.05) is 14.2 Å². The molecule has 0 saturated carbocycles. The predicted molar refractivity (Wildman–Crippen MR) is 91.3 cm³/mol. The van der Waals surface area contributed by atoms with Crippen molar-refractivity contribution in [2.45, 2.75) is 38.8 Å². The van der Waals surface area contributed by atoms with Crippen LogP contribution < -0.4 is 0 Å². The van der Waals surface area contributed by atoms with Crippen LogP contribution in [0.15, 0.2) is 30.3 Å². The van der Waals surface area contributed by atoms with Gasteiger partial charge >= 0.3 is 18.1 Å². The minimum atomic E-state index is -5.16. The van der Waals surface area contributed by atoms with Gasteiger partial charge in [0.05, 0.1) is 14.2 Å². The summed E-state index contributed by atoms with van der Waals surface area (Å²) in [6.07, 6.45) is -3.54. The van der Waals surface area contributed by atoms with Crippen LogP contribution in [0, 0.1) is 5.41 Å². The van der Waals surface area contributed by atoms with E-state index in [1.165, 1.54) is 6.08 Å². The van der Waals surface area contributed by atoms with Gasteiger partial charge in [-0.15, -0.1) is 0 Å². The fourth-order valence-electron chi connectivity index (χ4n) is 2.41. The van der Waals surface area contributed by atoms with Gasteiger partial charge in [0.25, 0.3) is 5.41 Å². The van der Waals surface area contributed by atoms with E-state index in [4.69, 9.17) is 0 Å². The summed E-state index contributed by atoms with van der Waals surface area (Å²) < 4.78 is 49.0. The van der Waals surface area contributed by atoms with Crippen LogP contribution in [0.25, 0.3) is 6.08 Å². The van der Waals surface area contributed by atoms with Crippen LogP contribution in [0.1, 0.15) is 38.3 Å². The molecule has 4 nitrogen and oxygen atoms in total. The van der Waals surface area contributed by atoms with E-state index in [2.05, 4.69) is 9.47 Å². The van der Waals surface area contributed by atoms with Crippen molar-refractivity contribution in [2.24, 2.45) is 5.41 Å². The lowest BCUT2D eigenvalue weighted by Gasteiger charge is -2.29. The number of benzene rings is 1. The first kappa shape index (κ1) is 21.7. The molecule has 0 unspecified atom stereocenters. The van der Waals surface area contributed by atoms with Crippen LogP contribution in [0.2, 0.25) is 0 Å². The molecule has 1 aromatic carbocycles. The Hall–Kier alpha value is -2.31. The lowest BCUT2D eigenvalue weighted by Crippen LogP contribution is -2.52. The second-order valence-corrected chi connectivity index (χ2v) is 6.86. The van der Waals surface area contributed by atoms with Gasteiger partial charge in [0.1, 0.15) is 0 Å². The second-order valence-electron chi connectivity index (χ2n) is 6.86. The van der Waals surface area contributed by atoms with Crippen LogP contribution in [0.4, 0.5) is 13.2 Å². The highest BCUT2D eigenvalue weighted by atomic mass is 19.4. The molecule has 0 aliphatic heterocycles. The van der Waals surface area contributed by atoms with E-state index >= 15 is 0 Å².